The maximum Gasteiger partial charge on any atom is 0.255 e. The van der Waals surface area contributed by atoms with Crippen molar-refractivity contribution in [1.82, 2.24) is 5.32 Å². The van der Waals surface area contributed by atoms with E-state index in [0.717, 1.165) is 5.56 Å². The molecule has 0 saturated heterocycles. The molecule has 2 amide bonds. The van der Waals surface area contributed by atoms with Gasteiger partial charge in [0.25, 0.3) is 11.8 Å². The average molecular weight is 467 g/mol. The zero-order valence-electron chi connectivity index (χ0n) is 17.4. The minimum atomic E-state index is -0.426. The lowest BCUT2D eigenvalue weighted by Gasteiger charge is -2.20. The van der Waals surface area contributed by atoms with Crippen LogP contribution >= 0.6 is 11.6 Å². The second-order valence-corrected chi connectivity index (χ2v) is 7.76. The molecule has 9 heteroatoms. The number of halogens is 1. The number of nitrogens with one attached hydrogen (secondary N) is 2. The predicted octanol–water partition coefficient (Wildman–Crippen LogP) is 4.02. The third-order valence-electron chi connectivity index (χ3n) is 5.17. The van der Waals surface area contributed by atoms with E-state index in [0.29, 0.717) is 53.0 Å². The first-order valence-electron chi connectivity index (χ1n) is 10.2. The Morgan fingerprint density at radius 2 is 1.67 bits per heavy atom. The fraction of sp³-hybridized carbons (Fsp3) is 0.167. The van der Waals surface area contributed by atoms with Crippen molar-refractivity contribution in [2.24, 2.45) is 0 Å². The average Bonchev–Trinajstić information content (AvgIpc) is 3.31. The highest BCUT2D eigenvalue weighted by atomic mass is 35.5. The molecule has 0 saturated carbocycles. The number of para-hydroxylation sites is 1. The van der Waals surface area contributed by atoms with Crippen LogP contribution in [0, 0.1) is 0 Å². The van der Waals surface area contributed by atoms with Gasteiger partial charge in [0.1, 0.15) is 13.2 Å². The molecule has 2 heterocycles. The number of rotatable bonds is 5. The van der Waals surface area contributed by atoms with Gasteiger partial charge in [-0.15, -0.1) is 0 Å². The van der Waals surface area contributed by atoms with Crippen LogP contribution in [0.3, 0.4) is 0 Å². The van der Waals surface area contributed by atoms with Crippen LogP contribution in [0.1, 0.15) is 26.3 Å². The molecule has 0 fully saturated rings. The van der Waals surface area contributed by atoms with Gasteiger partial charge in [0, 0.05) is 12.1 Å². The van der Waals surface area contributed by atoms with E-state index in [9.17, 15) is 9.59 Å². The van der Waals surface area contributed by atoms with Gasteiger partial charge < -0.3 is 29.6 Å². The number of ether oxygens (including phenoxy) is 4. The van der Waals surface area contributed by atoms with E-state index in [1.54, 1.807) is 36.4 Å². The van der Waals surface area contributed by atoms with Crippen LogP contribution in [-0.4, -0.2) is 31.8 Å². The van der Waals surface area contributed by atoms with Crippen molar-refractivity contribution in [3.63, 3.8) is 0 Å². The van der Waals surface area contributed by atoms with Gasteiger partial charge in [-0.1, -0.05) is 29.8 Å². The number of hydrogen-bond acceptors (Lipinski definition) is 6. The molecule has 0 unspecified atom stereocenters. The molecular formula is C24H19ClN2O6. The van der Waals surface area contributed by atoms with Crippen LogP contribution in [0.15, 0.2) is 54.6 Å². The summed E-state index contributed by atoms with van der Waals surface area (Å²) >= 11 is 6.24. The number of amides is 2. The van der Waals surface area contributed by atoms with Gasteiger partial charge in [0.15, 0.2) is 23.0 Å². The highest BCUT2D eigenvalue weighted by molar-refractivity contribution is 6.32. The Bertz CT molecular complexity index is 1250. The summed E-state index contributed by atoms with van der Waals surface area (Å²) in [4.78, 5) is 25.8. The predicted molar refractivity (Wildman–Crippen MR) is 121 cm³/mol. The van der Waals surface area contributed by atoms with Crippen LogP contribution in [0.5, 0.6) is 23.0 Å². The number of carbonyl (C=O) groups excluding carboxylic acids is 2. The van der Waals surface area contributed by atoms with Crippen molar-refractivity contribution >= 4 is 29.1 Å². The lowest BCUT2D eigenvalue weighted by atomic mass is 10.1. The minimum Gasteiger partial charge on any atom is -0.486 e. The molecule has 0 radical (unpaired) electrons. The second kappa shape index (κ2) is 8.91. The number of fused-ring (bicyclic) bond motifs is 2. The lowest BCUT2D eigenvalue weighted by Crippen LogP contribution is -2.25. The molecule has 2 aliphatic heterocycles. The fourth-order valence-corrected chi connectivity index (χ4v) is 3.82. The molecule has 33 heavy (non-hydrogen) atoms. The molecular weight excluding hydrogens is 448 g/mol. The van der Waals surface area contributed by atoms with E-state index in [-0.39, 0.29) is 24.3 Å². The molecule has 2 N–H and O–H groups in total. The van der Waals surface area contributed by atoms with E-state index in [4.69, 9.17) is 30.5 Å². The van der Waals surface area contributed by atoms with Crippen molar-refractivity contribution in [3.8, 4) is 23.0 Å². The SMILES string of the molecule is O=C(Nc1ccccc1C(=O)NCc1ccc2c(c1)OCO2)c1cc(Cl)c2c(c1)OCCO2. The third-order valence-corrected chi connectivity index (χ3v) is 5.45. The Morgan fingerprint density at radius 3 is 2.58 bits per heavy atom. The summed E-state index contributed by atoms with van der Waals surface area (Å²) in [6, 6.07) is 15.3. The van der Waals surface area contributed by atoms with Crippen molar-refractivity contribution < 1.29 is 28.5 Å². The number of benzene rings is 3. The molecule has 0 atom stereocenters. The van der Waals surface area contributed by atoms with Gasteiger partial charge in [-0.2, -0.15) is 0 Å². The molecule has 2 aliphatic rings. The fourth-order valence-electron chi connectivity index (χ4n) is 3.56. The van der Waals surface area contributed by atoms with E-state index in [1.807, 2.05) is 12.1 Å². The highest BCUT2D eigenvalue weighted by Crippen LogP contribution is 2.38. The smallest absolute Gasteiger partial charge is 0.255 e. The van der Waals surface area contributed by atoms with E-state index in [2.05, 4.69) is 10.6 Å². The quantitative estimate of drug-likeness (QED) is 0.589. The highest BCUT2D eigenvalue weighted by Gasteiger charge is 2.21. The normalized spacial score (nSPS) is 13.4. The molecule has 168 valence electrons. The summed E-state index contributed by atoms with van der Waals surface area (Å²) in [5.74, 6) is 1.40. The molecule has 3 aromatic rings. The number of anilines is 1. The number of hydrogen-bond donors (Lipinski definition) is 2. The van der Waals surface area contributed by atoms with Gasteiger partial charge >= 0.3 is 0 Å². The molecule has 5 rings (SSSR count). The van der Waals surface area contributed by atoms with Crippen molar-refractivity contribution in [2.75, 3.05) is 25.3 Å². The number of carbonyl (C=O) groups is 2. The largest absolute Gasteiger partial charge is 0.486 e. The summed E-state index contributed by atoms with van der Waals surface area (Å²) in [6.07, 6.45) is 0. The van der Waals surface area contributed by atoms with E-state index < -0.39 is 5.91 Å². The first-order valence-corrected chi connectivity index (χ1v) is 10.6. The van der Waals surface area contributed by atoms with Gasteiger partial charge in [-0.25, -0.2) is 0 Å². The van der Waals surface area contributed by atoms with Gasteiger partial charge in [-0.05, 0) is 42.0 Å². The zero-order chi connectivity index (χ0) is 22.8. The Labute approximate surface area is 194 Å². The zero-order valence-corrected chi connectivity index (χ0v) is 18.1. The molecule has 0 aliphatic carbocycles. The lowest BCUT2D eigenvalue weighted by molar-refractivity contribution is 0.0951. The summed E-state index contributed by atoms with van der Waals surface area (Å²) in [5, 5.41) is 5.93. The van der Waals surface area contributed by atoms with Crippen LogP contribution in [0.4, 0.5) is 5.69 Å². The summed E-state index contributed by atoms with van der Waals surface area (Å²) in [5.41, 5.74) is 1.85. The summed E-state index contributed by atoms with van der Waals surface area (Å²) < 4.78 is 21.7. The van der Waals surface area contributed by atoms with Gasteiger partial charge in [0.05, 0.1) is 16.3 Å². The minimum absolute atomic E-state index is 0.187. The summed E-state index contributed by atoms with van der Waals surface area (Å²) in [6.45, 7) is 1.25. The summed E-state index contributed by atoms with van der Waals surface area (Å²) in [7, 11) is 0. The molecule has 8 nitrogen and oxygen atoms in total. The van der Waals surface area contributed by atoms with E-state index >= 15 is 0 Å². The van der Waals surface area contributed by atoms with Crippen LogP contribution in [0.2, 0.25) is 5.02 Å². The van der Waals surface area contributed by atoms with Crippen LogP contribution < -0.4 is 29.6 Å². The Hall–Kier alpha value is -3.91. The van der Waals surface area contributed by atoms with Crippen LogP contribution in [-0.2, 0) is 6.54 Å². The monoisotopic (exact) mass is 466 g/mol. The molecule has 0 bridgehead atoms. The van der Waals surface area contributed by atoms with Crippen molar-refractivity contribution in [1.29, 1.82) is 0 Å². The molecule has 0 aromatic heterocycles. The van der Waals surface area contributed by atoms with Crippen LogP contribution in [0.25, 0.3) is 0 Å². The van der Waals surface area contributed by atoms with Gasteiger partial charge in [-0.3, -0.25) is 9.59 Å². The Morgan fingerprint density at radius 1 is 0.848 bits per heavy atom. The Balaban J connectivity index is 1.30. The second-order valence-electron chi connectivity index (χ2n) is 7.35. The van der Waals surface area contributed by atoms with Crippen molar-refractivity contribution in [2.45, 2.75) is 6.54 Å². The topological polar surface area (TPSA) is 95.1 Å². The first kappa shape index (κ1) is 21.0. The van der Waals surface area contributed by atoms with Crippen molar-refractivity contribution in [3.05, 3.63) is 76.3 Å². The first-order chi connectivity index (χ1) is 16.1. The maximum atomic E-state index is 12.9. The molecule has 0 spiro atoms. The van der Waals surface area contributed by atoms with E-state index in [1.165, 1.54) is 6.07 Å². The third kappa shape index (κ3) is 4.38. The van der Waals surface area contributed by atoms with Gasteiger partial charge in [0.2, 0.25) is 6.79 Å². The standard InChI is InChI=1S/C24H19ClN2O6/c25-17-10-15(11-21-22(17)31-8-7-30-21)23(28)27-18-4-2-1-3-16(18)24(29)26-12-14-5-6-19-20(9-14)33-13-32-19/h1-6,9-11H,7-8,12-13H2,(H,26,29)(H,27,28). The maximum absolute atomic E-state index is 12.9. The Kier molecular flexibility index (Phi) is 5.66. The molecule has 3 aromatic carbocycles.